The van der Waals surface area contributed by atoms with E-state index in [0.717, 1.165) is 0 Å². The maximum Gasteiger partial charge on any atom is 0.342 e. The number of rotatable bonds is 4. The van der Waals surface area contributed by atoms with Crippen molar-refractivity contribution in [3.63, 3.8) is 0 Å². The number of hydrogen-bond acceptors (Lipinski definition) is 5. The standard InChI is InChI=1S/C12H16N2O4/c1-14(2)11(15)7-18-12(16)9-5-4-8(13)6-10(9)17-3/h4-6H,7,13H2,1-3H3. The molecular weight excluding hydrogens is 236 g/mol. The van der Waals surface area contributed by atoms with Crippen LogP contribution in [-0.2, 0) is 9.53 Å². The second-order valence-corrected chi connectivity index (χ2v) is 3.82. The van der Waals surface area contributed by atoms with Gasteiger partial charge in [-0.15, -0.1) is 0 Å². The van der Waals surface area contributed by atoms with Crippen molar-refractivity contribution >= 4 is 17.6 Å². The van der Waals surface area contributed by atoms with Gasteiger partial charge in [0.2, 0.25) is 0 Å². The monoisotopic (exact) mass is 252 g/mol. The first-order chi connectivity index (χ1) is 8.45. The second-order valence-electron chi connectivity index (χ2n) is 3.82. The van der Waals surface area contributed by atoms with Crippen LogP contribution in [0.25, 0.3) is 0 Å². The summed E-state index contributed by atoms with van der Waals surface area (Å²) in [4.78, 5) is 24.4. The molecule has 0 aliphatic carbocycles. The van der Waals surface area contributed by atoms with Gasteiger partial charge in [0, 0.05) is 25.8 Å². The van der Waals surface area contributed by atoms with E-state index in [0.29, 0.717) is 11.4 Å². The number of carbonyl (C=O) groups excluding carboxylic acids is 2. The summed E-state index contributed by atoms with van der Waals surface area (Å²) in [6.45, 7) is -0.306. The molecule has 6 heteroatoms. The molecule has 2 N–H and O–H groups in total. The zero-order chi connectivity index (χ0) is 13.7. The molecule has 1 aromatic carbocycles. The molecule has 1 rings (SSSR count). The summed E-state index contributed by atoms with van der Waals surface area (Å²) in [5.74, 6) is -0.600. The average molecular weight is 252 g/mol. The lowest BCUT2D eigenvalue weighted by Gasteiger charge is -2.12. The molecule has 0 aromatic heterocycles. The number of esters is 1. The van der Waals surface area contributed by atoms with Crippen LogP contribution in [0.5, 0.6) is 5.75 Å². The van der Waals surface area contributed by atoms with E-state index in [4.69, 9.17) is 15.2 Å². The molecule has 0 radical (unpaired) electrons. The molecule has 0 atom stereocenters. The predicted octanol–water partition coefficient (Wildman–Crippen LogP) is 0.522. The molecule has 0 unspecified atom stereocenters. The number of nitrogen functional groups attached to an aromatic ring is 1. The first-order valence-electron chi connectivity index (χ1n) is 5.26. The van der Waals surface area contributed by atoms with Crippen molar-refractivity contribution in [2.24, 2.45) is 0 Å². The molecule has 0 saturated carbocycles. The minimum Gasteiger partial charge on any atom is -0.496 e. The summed E-state index contributed by atoms with van der Waals surface area (Å²) in [5.41, 5.74) is 6.29. The van der Waals surface area contributed by atoms with Crippen LogP contribution in [0.2, 0.25) is 0 Å². The minimum atomic E-state index is -0.623. The highest BCUT2D eigenvalue weighted by Gasteiger charge is 2.15. The van der Waals surface area contributed by atoms with Crippen LogP contribution in [0.3, 0.4) is 0 Å². The zero-order valence-electron chi connectivity index (χ0n) is 10.6. The maximum atomic E-state index is 11.7. The number of carbonyl (C=O) groups is 2. The van der Waals surface area contributed by atoms with Crippen molar-refractivity contribution in [2.75, 3.05) is 33.5 Å². The Bertz CT molecular complexity index is 457. The van der Waals surface area contributed by atoms with Crippen molar-refractivity contribution in [2.45, 2.75) is 0 Å². The van der Waals surface area contributed by atoms with Crippen LogP contribution < -0.4 is 10.5 Å². The van der Waals surface area contributed by atoms with Crippen LogP contribution in [-0.4, -0.2) is 44.6 Å². The number of methoxy groups -OCH3 is 1. The van der Waals surface area contributed by atoms with Gasteiger partial charge in [0.25, 0.3) is 5.91 Å². The van der Waals surface area contributed by atoms with Gasteiger partial charge in [-0.1, -0.05) is 0 Å². The van der Waals surface area contributed by atoms with Gasteiger partial charge in [-0.3, -0.25) is 4.79 Å². The smallest absolute Gasteiger partial charge is 0.342 e. The Balaban J connectivity index is 2.75. The Morgan fingerprint density at radius 2 is 2.00 bits per heavy atom. The van der Waals surface area contributed by atoms with Crippen LogP contribution in [0.15, 0.2) is 18.2 Å². The summed E-state index contributed by atoms with van der Waals surface area (Å²) in [6, 6.07) is 4.58. The molecule has 0 fully saturated rings. The third-order valence-electron chi connectivity index (χ3n) is 2.27. The van der Waals surface area contributed by atoms with Crippen molar-refractivity contribution in [1.29, 1.82) is 0 Å². The van der Waals surface area contributed by atoms with Crippen LogP contribution in [0.4, 0.5) is 5.69 Å². The van der Waals surface area contributed by atoms with E-state index < -0.39 is 5.97 Å². The molecule has 0 aliphatic heterocycles. The molecule has 6 nitrogen and oxygen atoms in total. The molecule has 0 spiro atoms. The van der Waals surface area contributed by atoms with Gasteiger partial charge in [0.1, 0.15) is 11.3 Å². The predicted molar refractivity (Wildman–Crippen MR) is 66.4 cm³/mol. The highest BCUT2D eigenvalue weighted by atomic mass is 16.5. The number of nitrogens with zero attached hydrogens (tertiary/aromatic N) is 1. The van der Waals surface area contributed by atoms with E-state index in [-0.39, 0.29) is 18.1 Å². The van der Waals surface area contributed by atoms with E-state index >= 15 is 0 Å². The van der Waals surface area contributed by atoms with E-state index in [9.17, 15) is 9.59 Å². The second kappa shape index (κ2) is 5.90. The average Bonchev–Trinajstić information content (AvgIpc) is 2.34. The molecule has 0 bridgehead atoms. The summed E-state index contributed by atoms with van der Waals surface area (Å²) in [5, 5.41) is 0. The molecule has 1 amide bonds. The van der Waals surface area contributed by atoms with Gasteiger partial charge >= 0.3 is 5.97 Å². The van der Waals surface area contributed by atoms with Gasteiger partial charge in [-0.2, -0.15) is 0 Å². The fourth-order valence-electron chi connectivity index (χ4n) is 1.21. The third-order valence-corrected chi connectivity index (χ3v) is 2.27. The topological polar surface area (TPSA) is 81.9 Å². The Morgan fingerprint density at radius 1 is 1.33 bits per heavy atom. The molecular formula is C12H16N2O4. The molecule has 0 heterocycles. The van der Waals surface area contributed by atoms with Gasteiger partial charge in [-0.05, 0) is 12.1 Å². The van der Waals surface area contributed by atoms with E-state index in [2.05, 4.69) is 0 Å². The van der Waals surface area contributed by atoms with Gasteiger partial charge in [0.15, 0.2) is 6.61 Å². The van der Waals surface area contributed by atoms with Crippen LogP contribution in [0.1, 0.15) is 10.4 Å². The molecule has 0 aliphatic rings. The number of nitrogens with two attached hydrogens (primary N) is 1. The summed E-state index contributed by atoms with van der Waals surface area (Å²) < 4.78 is 9.91. The quantitative estimate of drug-likeness (QED) is 0.624. The summed E-state index contributed by atoms with van der Waals surface area (Å²) in [6.07, 6.45) is 0. The van der Waals surface area contributed by atoms with Gasteiger partial charge < -0.3 is 20.1 Å². The lowest BCUT2D eigenvalue weighted by molar-refractivity contribution is -0.131. The number of ether oxygens (including phenoxy) is 2. The largest absolute Gasteiger partial charge is 0.496 e. The number of hydrogen-bond donors (Lipinski definition) is 1. The normalized spacial score (nSPS) is 9.72. The minimum absolute atomic E-state index is 0.234. The van der Waals surface area contributed by atoms with Crippen LogP contribution >= 0.6 is 0 Å². The highest BCUT2D eigenvalue weighted by Crippen LogP contribution is 2.22. The summed E-state index contributed by atoms with van der Waals surface area (Å²) in [7, 11) is 4.59. The van der Waals surface area contributed by atoms with E-state index in [1.165, 1.54) is 24.1 Å². The van der Waals surface area contributed by atoms with Crippen molar-refractivity contribution in [3.8, 4) is 5.75 Å². The first kappa shape index (κ1) is 13.8. The number of benzene rings is 1. The Hall–Kier alpha value is -2.24. The Morgan fingerprint density at radius 3 is 2.56 bits per heavy atom. The van der Waals surface area contributed by atoms with Crippen molar-refractivity contribution in [1.82, 2.24) is 4.90 Å². The zero-order valence-corrected chi connectivity index (χ0v) is 10.6. The van der Waals surface area contributed by atoms with Gasteiger partial charge in [-0.25, -0.2) is 4.79 Å². The number of anilines is 1. The lowest BCUT2D eigenvalue weighted by Crippen LogP contribution is -2.27. The number of amides is 1. The summed E-state index contributed by atoms with van der Waals surface area (Å²) >= 11 is 0. The fourth-order valence-corrected chi connectivity index (χ4v) is 1.21. The van der Waals surface area contributed by atoms with Crippen LogP contribution in [0, 0.1) is 0 Å². The molecule has 0 saturated heterocycles. The first-order valence-corrected chi connectivity index (χ1v) is 5.26. The SMILES string of the molecule is COc1cc(N)ccc1C(=O)OCC(=O)N(C)C. The highest BCUT2D eigenvalue weighted by molar-refractivity contribution is 5.94. The maximum absolute atomic E-state index is 11.7. The van der Waals surface area contributed by atoms with Crippen molar-refractivity contribution in [3.05, 3.63) is 23.8 Å². The lowest BCUT2D eigenvalue weighted by atomic mass is 10.2. The Kier molecular flexibility index (Phi) is 4.53. The molecule has 18 heavy (non-hydrogen) atoms. The number of likely N-dealkylation sites (N-methyl/N-ethyl adjacent to an activating group) is 1. The fraction of sp³-hybridized carbons (Fsp3) is 0.333. The van der Waals surface area contributed by atoms with E-state index in [1.54, 1.807) is 20.2 Å². The molecule has 1 aromatic rings. The van der Waals surface area contributed by atoms with E-state index in [1.807, 2.05) is 0 Å². The Labute approximate surface area is 105 Å². The third kappa shape index (κ3) is 3.38. The van der Waals surface area contributed by atoms with Crippen molar-refractivity contribution < 1.29 is 19.1 Å². The van der Waals surface area contributed by atoms with Gasteiger partial charge in [0.05, 0.1) is 7.11 Å². The molecule has 98 valence electrons.